The summed E-state index contributed by atoms with van der Waals surface area (Å²) < 4.78 is 5.41. The van der Waals surface area contributed by atoms with Crippen LogP contribution in [0.1, 0.15) is 25.0 Å². The molecule has 17 heavy (non-hydrogen) atoms. The van der Waals surface area contributed by atoms with Crippen LogP contribution in [0.25, 0.3) is 0 Å². The molecule has 0 amide bonds. The largest absolute Gasteiger partial charge is 0.491 e. The van der Waals surface area contributed by atoms with Crippen molar-refractivity contribution in [3.05, 3.63) is 28.3 Å². The first kappa shape index (κ1) is 12.2. The molecule has 92 valence electrons. The summed E-state index contributed by atoms with van der Waals surface area (Å²) >= 11 is 6.11. The van der Waals surface area contributed by atoms with Crippen molar-refractivity contribution >= 4 is 17.6 Å². The molecule has 1 N–H and O–H groups in total. The number of carbonyl (C=O) groups is 1. The first-order valence-corrected chi connectivity index (χ1v) is 5.95. The number of carboxylic acids is 1. The third-order valence-corrected chi connectivity index (χ3v) is 3.30. The van der Waals surface area contributed by atoms with Crippen LogP contribution >= 0.6 is 11.6 Å². The summed E-state index contributed by atoms with van der Waals surface area (Å²) in [5.74, 6) is -0.0473. The predicted octanol–water partition coefficient (Wildman–Crippen LogP) is 2.93. The van der Waals surface area contributed by atoms with Gasteiger partial charge in [-0.15, -0.1) is 0 Å². The fourth-order valence-corrected chi connectivity index (χ4v) is 2.33. The van der Waals surface area contributed by atoms with E-state index in [0.29, 0.717) is 18.1 Å². The normalized spacial score (nSPS) is 14.3. The van der Waals surface area contributed by atoms with E-state index in [1.807, 2.05) is 6.07 Å². The molecule has 0 fully saturated rings. The Kier molecular flexibility index (Phi) is 3.04. The van der Waals surface area contributed by atoms with E-state index in [9.17, 15) is 4.79 Å². The molecule has 1 aliphatic heterocycles. The fourth-order valence-electron chi connectivity index (χ4n) is 2.01. The molecule has 0 saturated carbocycles. The van der Waals surface area contributed by atoms with Crippen molar-refractivity contribution < 1.29 is 14.6 Å². The molecule has 4 heteroatoms. The maximum absolute atomic E-state index is 11.1. The van der Waals surface area contributed by atoms with Crippen molar-refractivity contribution in [3.63, 3.8) is 0 Å². The third-order valence-electron chi connectivity index (χ3n) is 3.02. The monoisotopic (exact) mass is 254 g/mol. The number of rotatable bonds is 3. The van der Waals surface area contributed by atoms with Crippen molar-refractivity contribution in [2.45, 2.75) is 26.7 Å². The van der Waals surface area contributed by atoms with Crippen LogP contribution in [0.15, 0.2) is 12.1 Å². The van der Waals surface area contributed by atoms with E-state index in [2.05, 4.69) is 0 Å². The SMILES string of the molecule is CC(C)(Cc1cc(Cl)c2c(c1)CCO2)C(=O)O. The van der Waals surface area contributed by atoms with Crippen molar-refractivity contribution in [1.29, 1.82) is 0 Å². The summed E-state index contributed by atoms with van der Waals surface area (Å²) in [6.07, 6.45) is 1.31. The molecule has 2 rings (SSSR count). The molecule has 0 atom stereocenters. The van der Waals surface area contributed by atoms with Gasteiger partial charge in [-0.2, -0.15) is 0 Å². The van der Waals surface area contributed by atoms with E-state index in [1.165, 1.54) is 0 Å². The number of hydrogen-bond donors (Lipinski definition) is 1. The second-order valence-corrected chi connectivity index (χ2v) is 5.44. The van der Waals surface area contributed by atoms with Gasteiger partial charge >= 0.3 is 5.97 Å². The fraction of sp³-hybridized carbons (Fsp3) is 0.462. The Bertz CT molecular complexity index is 466. The molecular weight excluding hydrogens is 240 g/mol. The van der Waals surface area contributed by atoms with Crippen molar-refractivity contribution in [2.75, 3.05) is 6.61 Å². The summed E-state index contributed by atoms with van der Waals surface area (Å²) in [5, 5.41) is 9.69. The highest BCUT2D eigenvalue weighted by Crippen LogP contribution is 2.36. The van der Waals surface area contributed by atoms with E-state index in [1.54, 1.807) is 19.9 Å². The number of fused-ring (bicyclic) bond motifs is 1. The number of carboxylic acid groups (broad SMARTS) is 1. The van der Waals surface area contributed by atoms with Crippen molar-refractivity contribution in [2.24, 2.45) is 5.41 Å². The van der Waals surface area contributed by atoms with Gasteiger partial charge in [0.05, 0.1) is 17.0 Å². The highest BCUT2D eigenvalue weighted by molar-refractivity contribution is 6.32. The molecule has 1 aromatic rings. The summed E-state index contributed by atoms with van der Waals surface area (Å²) in [6.45, 7) is 4.08. The molecule has 0 aromatic heterocycles. The average molecular weight is 255 g/mol. The van der Waals surface area contributed by atoms with Crippen LogP contribution in [0.3, 0.4) is 0 Å². The lowest BCUT2D eigenvalue weighted by atomic mass is 9.85. The maximum Gasteiger partial charge on any atom is 0.309 e. The minimum absolute atomic E-state index is 0.468. The topological polar surface area (TPSA) is 46.5 Å². The summed E-state index contributed by atoms with van der Waals surface area (Å²) in [5.41, 5.74) is 1.25. The highest BCUT2D eigenvalue weighted by atomic mass is 35.5. The summed E-state index contributed by atoms with van der Waals surface area (Å²) in [6, 6.07) is 3.80. The van der Waals surface area contributed by atoms with Gasteiger partial charge in [-0.05, 0) is 37.5 Å². The number of hydrogen-bond acceptors (Lipinski definition) is 2. The lowest BCUT2D eigenvalue weighted by Crippen LogP contribution is -2.26. The van der Waals surface area contributed by atoms with E-state index >= 15 is 0 Å². The van der Waals surface area contributed by atoms with Gasteiger partial charge in [0.25, 0.3) is 0 Å². The van der Waals surface area contributed by atoms with Gasteiger partial charge in [-0.1, -0.05) is 17.7 Å². The minimum Gasteiger partial charge on any atom is -0.491 e. The lowest BCUT2D eigenvalue weighted by molar-refractivity contribution is -0.146. The molecule has 0 unspecified atom stereocenters. The number of ether oxygens (including phenoxy) is 1. The van der Waals surface area contributed by atoms with E-state index < -0.39 is 11.4 Å². The molecule has 0 bridgehead atoms. The smallest absolute Gasteiger partial charge is 0.309 e. The quantitative estimate of drug-likeness (QED) is 0.902. The lowest BCUT2D eigenvalue weighted by Gasteiger charge is -2.19. The molecule has 3 nitrogen and oxygen atoms in total. The number of halogens is 1. The van der Waals surface area contributed by atoms with Gasteiger partial charge < -0.3 is 9.84 Å². The molecule has 1 aliphatic rings. The van der Waals surface area contributed by atoms with Gasteiger partial charge in [-0.3, -0.25) is 4.79 Å². The van der Waals surface area contributed by atoms with Crippen LogP contribution in [0.4, 0.5) is 0 Å². The second kappa shape index (κ2) is 4.22. The molecule has 1 aromatic carbocycles. The molecule has 0 saturated heterocycles. The van der Waals surface area contributed by atoms with Gasteiger partial charge in [0.2, 0.25) is 0 Å². The van der Waals surface area contributed by atoms with Crippen LogP contribution in [0.5, 0.6) is 5.75 Å². The average Bonchev–Trinajstić information content (AvgIpc) is 2.64. The van der Waals surface area contributed by atoms with Crippen LogP contribution in [-0.4, -0.2) is 17.7 Å². The maximum atomic E-state index is 11.1. The van der Waals surface area contributed by atoms with Crippen molar-refractivity contribution in [3.8, 4) is 5.75 Å². The second-order valence-electron chi connectivity index (χ2n) is 5.03. The number of aliphatic carboxylic acids is 1. The van der Waals surface area contributed by atoms with Gasteiger partial charge in [0.15, 0.2) is 0 Å². The zero-order chi connectivity index (χ0) is 12.6. The number of benzene rings is 1. The standard InChI is InChI=1S/C13H15ClO3/c1-13(2,12(15)16)7-8-5-9-3-4-17-11(9)10(14)6-8/h5-6H,3-4,7H2,1-2H3,(H,15,16). The molecule has 0 spiro atoms. The van der Waals surface area contributed by atoms with Crippen LogP contribution < -0.4 is 4.74 Å². The van der Waals surface area contributed by atoms with Gasteiger partial charge in [0, 0.05) is 6.42 Å². The Morgan fingerprint density at radius 2 is 2.24 bits per heavy atom. The van der Waals surface area contributed by atoms with E-state index in [4.69, 9.17) is 21.4 Å². The third kappa shape index (κ3) is 2.39. The summed E-state index contributed by atoms with van der Waals surface area (Å²) in [7, 11) is 0. The summed E-state index contributed by atoms with van der Waals surface area (Å²) in [4.78, 5) is 11.1. The Morgan fingerprint density at radius 1 is 1.53 bits per heavy atom. The van der Waals surface area contributed by atoms with Gasteiger partial charge in [0.1, 0.15) is 5.75 Å². The highest BCUT2D eigenvalue weighted by Gasteiger charge is 2.28. The Labute approximate surface area is 105 Å². The van der Waals surface area contributed by atoms with Crippen LogP contribution in [-0.2, 0) is 17.6 Å². The Morgan fingerprint density at radius 3 is 2.88 bits per heavy atom. The predicted molar refractivity (Wildman–Crippen MR) is 65.8 cm³/mol. The molecular formula is C13H15ClO3. The van der Waals surface area contributed by atoms with Crippen LogP contribution in [0, 0.1) is 5.41 Å². The van der Waals surface area contributed by atoms with Gasteiger partial charge in [-0.25, -0.2) is 0 Å². The van der Waals surface area contributed by atoms with Crippen LogP contribution in [0.2, 0.25) is 5.02 Å². The minimum atomic E-state index is -0.801. The zero-order valence-corrected chi connectivity index (χ0v) is 10.7. The molecule has 1 heterocycles. The molecule has 0 aliphatic carbocycles. The first-order valence-electron chi connectivity index (χ1n) is 5.57. The molecule has 0 radical (unpaired) electrons. The van der Waals surface area contributed by atoms with Crippen molar-refractivity contribution in [1.82, 2.24) is 0 Å². The first-order chi connectivity index (χ1) is 7.90. The van der Waals surface area contributed by atoms with E-state index in [0.717, 1.165) is 23.3 Å². The Balaban J connectivity index is 2.29. The zero-order valence-electron chi connectivity index (χ0n) is 9.92. The van der Waals surface area contributed by atoms with E-state index in [-0.39, 0.29) is 0 Å². The Hall–Kier alpha value is -1.22.